The number of nitrogens with one attached hydrogen (secondary N) is 3. The van der Waals surface area contributed by atoms with Crippen LogP contribution in [0.15, 0.2) is 32.8 Å². The van der Waals surface area contributed by atoms with E-state index < -0.39 is 16.5 Å². The minimum absolute atomic E-state index is 0.0451. The van der Waals surface area contributed by atoms with Gasteiger partial charge in [0, 0.05) is 5.69 Å². The molecule has 1 aromatic carbocycles. The molecular formula is C14H16N4O3S. The van der Waals surface area contributed by atoms with E-state index in [9.17, 15) is 14.4 Å². The van der Waals surface area contributed by atoms with Crippen molar-refractivity contribution in [3.8, 4) is 0 Å². The molecule has 0 unspecified atom stereocenters. The average molecular weight is 320 g/mol. The van der Waals surface area contributed by atoms with Gasteiger partial charge in [0.15, 0.2) is 5.03 Å². The van der Waals surface area contributed by atoms with Crippen molar-refractivity contribution >= 4 is 23.4 Å². The SMILES string of the molecule is Cc1cccc(C)c1NC(=O)[C@H](C)Sc1n[nH]c(=O)[nH]c1=O. The number of aryl methyl sites for hydroxylation is 2. The van der Waals surface area contributed by atoms with Gasteiger partial charge in [0.25, 0.3) is 5.56 Å². The molecule has 0 aliphatic rings. The van der Waals surface area contributed by atoms with Crippen LogP contribution in [-0.4, -0.2) is 26.3 Å². The maximum atomic E-state index is 12.3. The number of benzene rings is 1. The van der Waals surface area contributed by atoms with Crippen molar-refractivity contribution in [2.75, 3.05) is 5.32 Å². The summed E-state index contributed by atoms with van der Waals surface area (Å²) in [6.45, 7) is 5.49. The van der Waals surface area contributed by atoms with Crippen LogP contribution in [0.25, 0.3) is 0 Å². The normalized spacial score (nSPS) is 12.0. The van der Waals surface area contributed by atoms with E-state index in [-0.39, 0.29) is 10.9 Å². The highest BCUT2D eigenvalue weighted by Gasteiger charge is 2.18. The average Bonchev–Trinajstić information content (AvgIpc) is 2.45. The molecule has 1 amide bonds. The van der Waals surface area contributed by atoms with Gasteiger partial charge in [-0.25, -0.2) is 9.89 Å². The molecule has 2 rings (SSSR count). The lowest BCUT2D eigenvalue weighted by Crippen LogP contribution is -2.28. The Balaban J connectivity index is 2.13. The molecule has 1 heterocycles. The van der Waals surface area contributed by atoms with Gasteiger partial charge in [-0.15, -0.1) is 0 Å². The zero-order valence-electron chi connectivity index (χ0n) is 12.4. The number of para-hydroxylation sites is 1. The molecule has 0 fully saturated rings. The third-order valence-electron chi connectivity index (χ3n) is 3.07. The van der Waals surface area contributed by atoms with Gasteiger partial charge in [0.05, 0.1) is 5.25 Å². The number of aromatic amines is 2. The van der Waals surface area contributed by atoms with Crippen molar-refractivity contribution in [1.29, 1.82) is 0 Å². The molecule has 7 nitrogen and oxygen atoms in total. The largest absolute Gasteiger partial charge is 0.342 e. The summed E-state index contributed by atoms with van der Waals surface area (Å²) in [7, 11) is 0. The predicted octanol–water partition coefficient (Wildman–Crippen LogP) is 1.19. The van der Waals surface area contributed by atoms with Gasteiger partial charge in [-0.2, -0.15) is 5.10 Å². The van der Waals surface area contributed by atoms with Crippen molar-refractivity contribution in [2.45, 2.75) is 31.0 Å². The molecule has 1 aromatic heterocycles. The Morgan fingerprint density at radius 1 is 1.27 bits per heavy atom. The first-order valence-electron chi connectivity index (χ1n) is 6.61. The molecular weight excluding hydrogens is 304 g/mol. The maximum absolute atomic E-state index is 12.3. The highest BCUT2D eigenvalue weighted by atomic mass is 32.2. The second kappa shape index (κ2) is 6.61. The molecule has 0 aliphatic carbocycles. The summed E-state index contributed by atoms with van der Waals surface area (Å²) in [6, 6.07) is 5.74. The lowest BCUT2D eigenvalue weighted by Gasteiger charge is -2.14. The first kappa shape index (κ1) is 16.0. The molecule has 0 aliphatic heterocycles. The number of thioether (sulfide) groups is 1. The van der Waals surface area contributed by atoms with Crippen LogP contribution in [0.4, 0.5) is 5.69 Å². The summed E-state index contributed by atoms with van der Waals surface area (Å²) >= 11 is 0.981. The summed E-state index contributed by atoms with van der Waals surface area (Å²) < 4.78 is 0. The summed E-state index contributed by atoms with van der Waals surface area (Å²) in [5, 5.41) is 8.14. The second-order valence-corrected chi connectivity index (χ2v) is 6.16. The lowest BCUT2D eigenvalue weighted by molar-refractivity contribution is -0.115. The van der Waals surface area contributed by atoms with Gasteiger partial charge in [-0.3, -0.25) is 14.6 Å². The summed E-state index contributed by atoms with van der Waals surface area (Å²) in [6.07, 6.45) is 0. The molecule has 3 N–H and O–H groups in total. The van der Waals surface area contributed by atoms with Crippen LogP contribution in [0.1, 0.15) is 18.1 Å². The van der Waals surface area contributed by atoms with E-state index in [2.05, 4.69) is 20.5 Å². The Hall–Kier alpha value is -2.35. The van der Waals surface area contributed by atoms with Crippen molar-refractivity contribution in [3.63, 3.8) is 0 Å². The zero-order chi connectivity index (χ0) is 16.3. The van der Waals surface area contributed by atoms with Crippen LogP contribution in [0, 0.1) is 13.8 Å². The minimum Gasteiger partial charge on any atom is -0.325 e. The predicted molar refractivity (Wildman–Crippen MR) is 85.3 cm³/mol. The molecule has 0 saturated carbocycles. The summed E-state index contributed by atoms with van der Waals surface area (Å²) in [5.41, 5.74) is 1.40. The molecule has 0 radical (unpaired) electrons. The molecule has 1 atom stereocenters. The van der Waals surface area contributed by atoms with Gasteiger partial charge in [0.1, 0.15) is 0 Å². The molecule has 0 saturated heterocycles. The monoisotopic (exact) mass is 320 g/mol. The number of hydrogen-bond donors (Lipinski definition) is 3. The Labute approximate surface area is 130 Å². The quantitative estimate of drug-likeness (QED) is 0.734. The van der Waals surface area contributed by atoms with Gasteiger partial charge < -0.3 is 5.32 Å². The van der Waals surface area contributed by atoms with E-state index in [1.54, 1.807) is 6.92 Å². The molecule has 0 bridgehead atoms. The van der Waals surface area contributed by atoms with E-state index >= 15 is 0 Å². The third kappa shape index (κ3) is 3.64. The topological polar surface area (TPSA) is 108 Å². The lowest BCUT2D eigenvalue weighted by atomic mass is 10.1. The van der Waals surface area contributed by atoms with E-state index in [4.69, 9.17) is 0 Å². The van der Waals surface area contributed by atoms with Crippen molar-refractivity contribution in [3.05, 3.63) is 50.2 Å². The number of carbonyl (C=O) groups is 1. The fraction of sp³-hybridized carbons (Fsp3) is 0.286. The van der Waals surface area contributed by atoms with Crippen molar-refractivity contribution in [1.82, 2.24) is 15.2 Å². The number of H-pyrrole nitrogens is 2. The Morgan fingerprint density at radius 3 is 2.50 bits per heavy atom. The van der Waals surface area contributed by atoms with Crippen LogP contribution in [-0.2, 0) is 4.79 Å². The Kier molecular flexibility index (Phi) is 4.81. The van der Waals surface area contributed by atoms with E-state index in [0.29, 0.717) is 0 Å². The van der Waals surface area contributed by atoms with Crippen molar-refractivity contribution < 1.29 is 4.79 Å². The number of amides is 1. The van der Waals surface area contributed by atoms with Crippen LogP contribution in [0.3, 0.4) is 0 Å². The second-order valence-electron chi connectivity index (χ2n) is 4.83. The van der Waals surface area contributed by atoms with E-state index in [1.807, 2.05) is 32.0 Å². The number of carbonyl (C=O) groups excluding carboxylic acids is 1. The smallest absolute Gasteiger partial charge is 0.325 e. The maximum Gasteiger partial charge on any atom is 0.342 e. The third-order valence-corrected chi connectivity index (χ3v) is 4.13. The Morgan fingerprint density at radius 2 is 1.91 bits per heavy atom. The number of aromatic nitrogens is 3. The molecule has 0 spiro atoms. The first-order chi connectivity index (χ1) is 10.4. The summed E-state index contributed by atoms with van der Waals surface area (Å²) in [4.78, 5) is 36.8. The van der Waals surface area contributed by atoms with Crippen LogP contribution in [0.5, 0.6) is 0 Å². The highest BCUT2D eigenvalue weighted by molar-refractivity contribution is 8.00. The van der Waals surface area contributed by atoms with Gasteiger partial charge in [-0.05, 0) is 31.9 Å². The molecule has 2 aromatic rings. The Bertz CT molecular complexity index is 792. The standard InChI is InChI=1S/C14H16N4O3S/c1-7-5-4-6-8(2)10(7)15-11(19)9(3)22-13-12(20)16-14(21)18-17-13/h4-6,9H,1-3H3,(H,15,19)(H2,16,18,20,21)/t9-/m0/s1. The van der Waals surface area contributed by atoms with Crippen LogP contribution >= 0.6 is 11.8 Å². The highest BCUT2D eigenvalue weighted by Crippen LogP contribution is 2.22. The number of rotatable bonds is 4. The summed E-state index contributed by atoms with van der Waals surface area (Å²) in [5.74, 6) is -0.241. The number of anilines is 1. The first-order valence-corrected chi connectivity index (χ1v) is 7.49. The van der Waals surface area contributed by atoms with Gasteiger partial charge in [0.2, 0.25) is 5.91 Å². The minimum atomic E-state index is -0.679. The van der Waals surface area contributed by atoms with Crippen molar-refractivity contribution in [2.24, 2.45) is 0 Å². The molecule has 116 valence electrons. The van der Waals surface area contributed by atoms with Gasteiger partial charge in [-0.1, -0.05) is 30.0 Å². The number of nitrogens with zero attached hydrogens (tertiary/aromatic N) is 1. The number of hydrogen-bond acceptors (Lipinski definition) is 5. The van der Waals surface area contributed by atoms with Crippen LogP contribution < -0.4 is 16.6 Å². The fourth-order valence-electron chi connectivity index (χ4n) is 1.87. The zero-order valence-corrected chi connectivity index (χ0v) is 13.2. The fourth-order valence-corrected chi connectivity index (χ4v) is 2.63. The van der Waals surface area contributed by atoms with E-state index in [0.717, 1.165) is 28.6 Å². The van der Waals surface area contributed by atoms with E-state index in [1.165, 1.54) is 0 Å². The molecule has 8 heteroatoms. The van der Waals surface area contributed by atoms with Gasteiger partial charge >= 0.3 is 5.69 Å². The van der Waals surface area contributed by atoms with Crippen LogP contribution in [0.2, 0.25) is 0 Å². The molecule has 22 heavy (non-hydrogen) atoms.